The highest BCUT2D eigenvalue weighted by molar-refractivity contribution is 5.89. The molecule has 0 aliphatic rings. The first-order valence-corrected chi connectivity index (χ1v) is 6.03. The molecule has 1 unspecified atom stereocenters. The first-order chi connectivity index (χ1) is 9.45. The van der Waals surface area contributed by atoms with Gasteiger partial charge in [-0.15, -0.1) is 0 Å². The molecule has 3 nitrogen and oxygen atoms in total. The first-order valence-electron chi connectivity index (χ1n) is 6.03. The lowest BCUT2D eigenvalue weighted by Crippen LogP contribution is -2.46. The number of hydrogen-bond acceptors (Lipinski definition) is 2. The molecule has 3 N–H and O–H groups in total. The molecule has 0 aliphatic carbocycles. The van der Waals surface area contributed by atoms with Crippen LogP contribution in [-0.4, -0.2) is 5.91 Å². The molecule has 0 spiro atoms. The van der Waals surface area contributed by atoms with E-state index < -0.39 is 23.1 Å². The predicted octanol–water partition coefficient (Wildman–Crippen LogP) is 2.78. The number of primary amides is 1. The van der Waals surface area contributed by atoms with Crippen LogP contribution in [0.4, 0.5) is 14.5 Å². The summed E-state index contributed by atoms with van der Waals surface area (Å²) in [5, 5.41) is 2.69. The molecule has 104 valence electrons. The molecule has 1 atom stereocenters. The van der Waals surface area contributed by atoms with E-state index in [0.717, 1.165) is 0 Å². The van der Waals surface area contributed by atoms with Gasteiger partial charge in [0.15, 0.2) is 0 Å². The smallest absolute Gasteiger partial charge is 0.247 e. The van der Waals surface area contributed by atoms with Crippen molar-refractivity contribution in [2.24, 2.45) is 5.73 Å². The molecule has 20 heavy (non-hydrogen) atoms. The van der Waals surface area contributed by atoms with E-state index in [-0.39, 0.29) is 11.3 Å². The maximum absolute atomic E-state index is 13.9. The minimum atomic E-state index is -1.55. The molecule has 0 radical (unpaired) electrons. The molecule has 2 aromatic carbocycles. The predicted molar refractivity (Wildman–Crippen MR) is 73.0 cm³/mol. The first kappa shape index (κ1) is 14.0. The van der Waals surface area contributed by atoms with Crippen molar-refractivity contribution >= 4 is 11.6 Å². The Labute approximate surface area is 115 Å². The average Bonchev–Trinajstić information content (AvgIpc) is 2.41. The van der Waals surface area contributed by atoms with E-state index in [1.54, 1.807) is 12.1 Å². The van der Waals surface area contributed by atoms with Gasteiger partial charge in [-0.1, -0.05) is 30.3 Å². The second-order valence-electron chi connectivity index (χ2n) is 4.57. The van der Waals surface area contributed by atoms with Crippen molar-refractivity contribution in [1.82, 2.24) is 0 Å². The zero-order valence-electron chi connectivity index (χ0n) is 10.9. The van der Waals surface area contributed by atoms with Gasteiger partial charge in [-0.2, -0.15) is 0 Å². The van der Waals surface area contributed by atoms with Crippen LogP contribution in [0.1, 0.15) is 12.5 Å². The van der Waals surface area contributed by atoms with Crippen LogP contribution in [0.5, 0.6) is 0 Å². The summed E-state index contributed by atoms with van der Waals surface area (Å²) >= 11 is 0. The van der Waals surface area contributed by atoms with Gasteiger partial charge in [-0.25, -0.2) is 8.78 Å². The van der Waals surface area contributed by atoms with E-state index >= 15 is 0 Å². The van der Waals surface area contributed by atoms with E-state index in [2.05, 4.69) is 5.32 Å². The molecule has 0 aliphatic heterocycles. The molecule has 5 heteroatoms. The number of nitrogens with two attached hydrogens (primary N) is 1. The number of nitrogens with one attached hydrogen (secondary N) is 1. The van der Waals surface area contributed by atoms with E-state index in [0.29, 0.717) is 0 Å². The Morgan fingerprint density at radius 2 is 1.60 bits per heavy atom. The van der Waals surface area contributed by atoms with Gasteiger partial charge < -0.3 is 11.1 Å². The van der Waals surface area contributed by atoms with E-state index in [1.807, 2.05) is 0 Å². The minimum Gasteiger partial charge on any atom is -0.367 e. The van der Waals surface area contributed by atoms with Gasteiger partial charge in [0.05, 0.1) is 5.69 Å². The molecule has 0 saturated heterocycles. The Bertz CT molecular complexity index is 645. The summed E-state index contributed by atoms with van der Waals surface area (Å²) in [5.74, 6) is -1.93. The highest BCUT2D eigenvalue weighted by atomic mass is 19.1. The minimum absolute atomic E-state index is 0.0655. The Kier molecular flexibility index (Phi) is 3.70. The fourth-order valence-corrected chi connectivity index (χ4v) is 1.96. The molecule has 0 bridgehead atoms. The third kappa shape index (κ3) is 2.47. The summed E-state index contributed by atoms with van der Waals surface area (Å²) < 4.78 is 27.6. The number of anilines is 1. The van der Waals surface area contributed by atoms with Crippen molar-refractivity contribution in [3.8, 4) is 0 Å². The number of rotatable bonds is 4. The quantitative estimate of drug-likeness (QED) is 0.902. The average molecular weight is 276 g/mol. The molecular weight excluding hydrogens is 262 g/mol. The van der Waals surface area contributed by atoms with Crippen molar-refractivity contribution in [2.75, 3.05) is 5.32 Å². The third-order valence-corrected chi connectivity index (χ3v) is 3.16. The molecular formula is C15H14F2N2O. The number of halogens is 2. The van der Waals surface area contributed by atoms with Gasteiger partial charge in [0.1, 0.15) is 17.2 Å². The second-order valence-corrected chi connectivity index (χ2v) is 4.57. The van der Waals surface area contributed by atoms with E-state index in [4.69, 9.17) is 5.73 Å². The largest absolute Gasteiger partial charge is 0.367 e. The van der Waals surface area contributed by atoms with Gasteiger partial charge in [0.2, 0.25) is 5.91 Å². The Morgan fingerprint density at radius 3 is 2.15 bits per heavy atom. The zero-order valence-corrected chi connectivity index (χ0v) is 10.9. The van der Waals surface area contributed by atoms with Gasteiger partial charge in [-0.3, -0.25) is 4.79 Å². The van der Waals surface area contributed by atoms with E-state index in [1.165, 1.54) is 43.3 Å². The third-order valence-electron chi connectivity index (χ3n) is 3.16. The fourth-order valence-electron chi connectivity index (χ4n) is 1.96. The lowest BCUT2D eigenvalue weighted by Gasteiger charge is -2.29. The molecule has 2 rings (SSSR count). The number of para-hydroxylation sites is 1. The molecule has 2 aromatic rings. The van der Waals surface area contributed by atoms with Crippen LogP contribution in [0.2, 0.25) is 0 Å². The maximum atomic E-state index is 13.9. The van der Waals surface area contributed by atoms with Gasteiger partial charge in [-0.05, 0) is 25.1 Å². The van der Waals surface area contributed by atoms with Crippen LogP contribution < -0.4 is 11.1 Å². The number of carbonyl (C=O) groups is 1. The van der Waals surface area contributed by atoms with Gasteiger partial charge >= 0.3 is 0 Å². The van der Waals surface area contributed by atoms with Crippen LogP contribution >= 0.6 is 0 Å². The second kappa shape index (κ2) is 5.28. The van der Waals surface area contributed by atoms with Crippen molar-refractivity contribution in [2.45, 2.75) is 12.5 Å². The number of hydrogen-bond donors (Lipinski definition) is 2. The van der Waals surface area contributed by atoms with Crippen LogP contribution in [0.3, 0.4) is 0 Å². The standard InChI is InChI=1S/C15H14F2N2O/c1-15(14(18)20,10-6-2-3-7-11(10)16)19-13-9-5-4-8-12(13)17/h2-9,19H,1H3,(H2,18,20). The van der Waals surface area contributed by atoms with Crippen molar-refractivity contribution in [3.63, 3.8) is 0 Å². The Hall–Kier alpha value is -2.43. The lowest BCUT2D eigenvalue weighted by molar-refractivity contribution is -0.122. The Morgan fingerprint density at radius 1 is 1.05 bits per heavy atom. The van der Waals surface area contributed by atoms with Gasteiger partial charge in [0.25, 0.3) is 0 Å². The highest BCUT2D eigenvalue weighted by Gasteiger charge is 2.36. The molecule has 1 amide bonds. The number of carbonyl (C=O) groups excluding carboxylic acids is 1. The van der Waals surface area contributed by atoms with Crippen LogP contribution in [0.15, 0.2) is 48.5 Å². The van der Waals surface area contributed by atoms with Crippen LogP contribution in [-0.2, 0) is 10.3 Å². The zero-order chi connectivity index (χ0) is 14.8. The number of benzene rings is 2. The Balaban J connectivity index is 2.49. The van der Waals surface area contributed by atoms with Crippen molar-refractivity contribution < 1.29 is 13.6 Å². The van der Waals surface area contributed by atoms with Crippen LogP contribution in [0, 0.1) is 11.6 Å². The van der Waals surface area contributed by atoms with E-state index in [9.17, 15) is 13.6 Å². The molecule has 0 heterocycles. The van der Waals surface area contributed by atoms with Crippen molar-refractivity contribution in [3.05, 3.63) is 65.7 Å². The molecule has 0 saturated carbocycles. The number of amides is 1. The maximum Gasteiger partial charge on any atom is 0.247 e. The summed E-state index contributed by atoms with van der Waals surface area (Å²) in [6, 6.07) is 11.6. The highest BCUT2D eigenvalue weighted by Crippen LogP contribution is 2.29. The summed E-state index contributed by atoms with van der Waals surface area (Å²) in [6.07, 6.45) is 0. The van der Waals surface area contributed by atoms with Crippen LogP contribution in [0.25, 0.3) is 0 Å². The summed E-state index contributed by atoms with van der Waals surface area (Å²) in [5.41, 5.74) is 3.98. The summed E-state index contributed by atoms with van der Waals surface area (Å²) in [4.78, 5) is 11.8. The molecule has 0 fully saturated rings. The molecule has 0 aromatic heterocycles. The normalized spacial score (nSPS) is 13.6. The monoisotopic (exact) mass is 276 g/mol. The fraction of sp³-hybridized carbons (Fsp3) is 0.133. The topological polar surface area (TPSA) is 55.1 Å². The van der Waals surface area contributed by atoms with Gasteiger partial charge in [0, 0.05) is 5.56 Å². The summed E-state index contributed by atoms with van der Waals surface area (Å²) in [7, 11) is 0. The SMILES string of the molecule is CC(Nc1ccccc1F)(C(N)=O)c1ccccc1F. The summed E-state index contributed by atoms with van der Waals surface area (Å²) in [6.45, 7) is 1.42. The lowest BCUT2D eigenvalue weighted by atomic mass is 9.90. The van der Waals surface area contributed by atoms with Crippen molar-refractivity contribution in [1.29, 1.82) is 0 Å².